The summed E-state index contributed by atoms with van der Waals surface area (Å²) in [6.45, 7) is 5.58. The summed E-state index contributed by atoms with van der Waals surface area (Å²) < 4.78 is 33.2. The summed E-state index contributed by atoms with van der Waals surface area (Å²) in [6.07, 6.45) is -1.06. The lowest BCUT2D eigenvalue weighted by Crippen LogP contribution is -2.48. The second kappa shape index (κ2) is 14.6. The molecule has 1 saturated heterocycles. The topological polar surface area (TPSA) is 120 Å². The highest BCUT2D eigenvalue weighted by atomic mass is 19.1. The van der Waals surface area contributed by atoms with Gasteiger partial charge in [-0.15, -0.1) is 0 Å². The fourth-order valence-corrected chi connectivity index (χ4v) is 5.06. The van der Waals surface area contributed by atoms with Crippen LogP contribution in [0.1, 0.15) is 45.1 Å². The first-order chi connectivity index (χ1) is 20.6. The molecule has 43 heavy (non-hydrogen) atoms. The second-order valence-corrected chi connectivity index (χ2v) is 10.2. The highest BCUT2D eigenvalue weighted by Crippen LogP contribution is 2.30. The third-order valence-corrected chi connectivity index (χ3v) is 7.26. The summed E-state index contributed by atoms with van der Waals surface area (Å²) in [5.41, 5.74) is 2.96. The number of aryl methyl sites for hydroxylation is 1. The molecule has 3 aromatic carbocycles. The molecule has 0 atom stereocenters. The molecule has 0 saturated carbocycles. The van der Waals surface area contributed by atoms with Crippen molar-refractivity contribution in [3.8, 4) is 17.6 Å². The molecular weight excluding hydrogens is 558 g/mol. The van der Waals surface area contributed by atoms with Gasteiger partial charge in [0.1, 0.15) is 29.6 Å². The van der Waals surface area contributed by atoms with E-state index in [1.807, 2.05) is 0 Å². The fraction of sp³-hybridized carbons (Fsp3) is 0.312. The maximum Gasteiger partial charge on any atom is 0.421 e. The molecule has 4 N–H and O–H groups in total. The lowest BCUT2D eigenvalue weighted by molar-refractivity contribution is 0.0689. The standard InChI is InChI=1S/C32H34F2N4O5/c1-22-20-23(4-2-3-13-38(35)32(41)42)21-28(31(39)40)30(22)43-19-18-36-14-16-37(17-15-36)29(24-5-9-26(33)10-6-24)25-7-11-27(34)12-8-25/h5-12,20-21,29H,3,13-19,35H2,1H3,(H,39,40)(H,41,42). The molecule has 0 radical (unpaired) electrons. The minimum atomic E-state index is -1.26. The van der Waals surface area contributed by atoms with Crippen molar-refractivity contribution in [1.29, 1.82) is 0 Å². The molecule has 0 aliphatic carbocycles. The number of piperazine rings is 1. The van der Waals surface area contributed by atoms with Gasteiger partial charge in [-0.2, -0.15) is 0 Å². The zero-order valence-electron chi connectivity index (χ0n) is 23.8. The number of hydrogen-bond acceptors (Lipinski definition) is 6. The summed E-state index contributed by atoms with van der Waals surface area (Å²) in [5.74, 6) is 9.51. The minimum absolute atomic E-state index is 0.00143. The van der Waals surface area contributed by atoms with Crippen LogP contribution < -0.4 is 10.6 Å². The van der Waals surface area contributed by atoms with E-state index in [0.717, 1.165) is 37.3 Å². The van der Waals surface area contributed by atoms with Crippen LogP contribution in [0.15, 0.2) is 60.7 Å². The molecule has 1 aliphatic heterocycles. The van der Waals surface area contributed by atoms with Crippen molar-refractivity contribution >= 4 is 12.1 Å². The molecule has 1 amide bonds. The molecule has 9 nitrogen and oxygen atoms in total. The fourth-order valence-electron chi connectivity index (χ4n) is 5.06. The Balaban J connectivity index is 1.35. The molecule has 3 aromatic rings. The normalized spacial score (nSPS) is 13.8. The predicted octanol–water partition coefficient (Wildman–Crippen LogP) is 4.35. The number of nitrogens with zero attached hydrogens (tertiary/aromatic N) is 3. The molecule has 4 rings (SSSR count). The van der Waals surface area contributed by atoms with Gasteiger partial charge >= 0.3 is 12.1 Å². The minimum Gasteiger partial charge on any atom is -0.491 e. The zero-order valence-corrected chi connectivity index (χ0v) is 23.8. The Morgan fingerprint density at radius 3 is 2.09 bits per heavy atom. The molecule has 1 heterocycles. The van der Waals surface area contributed by atoms with E-state index >= 15 is 0 Å². The van der Waals surface area contributed by atoms with Crippen molar-refractivity contribution in [2.75, 3.05) is 45.9 Å². The van der Waals surface area contributed by atoms with Crippen LogP contribution in [0.5, 0.6) is 5.75 Å². The summed E-state index contributed by atoms with van der Waals surface area (Å²) in [5, 5.41) is 19.2. The van der Waals surface area contributed by atoms with Crippen molar-refractivity contribution in [2.24, 2.45) is 5.84 Å². The molecular formula is C32H34F2N4O5. The Morgan fingerprint density at radius 1 is 0.977 bits per heavy atom. The molecule has 1 aliphatic rings. The number of halogens is 2. The van der Waals surface area contributed by atoms with Crippen molar-refractivity contribution in [3.05, 3.63) is 100 Å². The monoisotopic (exact) mass is 592 g/mol. The Kier molecular flexibility index (Phi) is 10.7. The third kappa shape index (κ3) is 8.51. The summed E-state index contributed by atoms with van der Waals surface area (Å²) in [4.78, 5) is 27.3. The Hall–Kier alpha value is -4.50. The largest absolute Gasteiger partial charge is 0.491 e. The first kappa shape index (κ1) is 31.4. The Labute approximate surface area is 249 Å². The molecule has 1 fully saturated rings. The highest BCUT2D eigenvalue weighted by Gasteiger charge is 2.27. The van der Waals surface area contributed by atoms with Gasteiger partial charge in [-0.3, -0.25) is 9.80 Å². The third-order valence-electron chi connectivity index (χ3n) is 7.26. The van der Waals surface area contributed by atoms with E-state index in [2.05, 4.69) is 21.6 Å². The lowest BCUT2D eigenvalue weighted by atomic mass is 9.96. The number of amides is 1. The maximum absolute atomic E-state index is 13.6. The van der Waals surface area contributed by atoms with E-state index in [1.165, 1.54) is 30.3 Å². The first-order valence-corrected chi connectivity index (χ1v) is 13.8. The Bertz CT molecular complexity index is 1440. The van der Waals surface area contributed by atoms with Gasteiger partial charge in [-0.05, 0) is 60.0 Å². The van der Waals surface area contributed by atoms with Gasteiger partial charge in [0.25, 0.3) is 0 Å². The quantitative estimate of drug-likeness (QED) is 0.138. The van der Waals surface area contributed by atoms with Gasteiger partial charge in [-0.25, -0.2) is 29.2 Å². The number of aromatic carboxylic acids is 1. The van der Waals surface area contributed by atoms with E-state index < -0.39 is 12.1 Å². The van der Waals surface area contributed by atoms with E-state index in [4.69, 9.17) is 15.7 Å². The number of nitrogens with two attached hydrogens (primary N) is 1. The zero-order chi connectivity index (χ0) is 30.9. The molecule has 0 spiro atoms. The number of carboxylic acids is 1. The lowest BCUT2D eigenvalue weighted by Gasteiger charge is -2.39. The van der Waals surface area contributed by atoms with Gasteiger partial charge in [-0.1, -0.05) is 36.1 Å². The average Bonchev–Trinajstić information content (AvgIpc) is 2.98. The van der Waals surface area contributed by atoms with E-state index in [0.29, 0.717) is 22.7 Å². The molecule has 0 bridgehead atoms. The highest BCUT2D eigenvalue weighted by molar-refractivity contribution is 5.92. The Morgan fingerprint density at radius 2 is 1.56 bits per heavy atom. The molecule has 11 heteroatoms. The van der Waals surface area contributed by atoms with Crippen LogP contribution in [-0.2, 0) is 0 Å². The van der Waals surface area contributed by atoms with Gasteiger partial charge in [0.15, 0.2) is 0 Å². The van der Waals surface area contributed by atoms with E-state index in [-0.39, 0.29) is 48.6 Å². The smallest absolute Gasteiger partial charge is 0.421 e. The van der Waals surface area contributed by atoms with Gasteiger partial charge in [0.05, 0.1) is 12.6 Å². The van der Waals surface area contributed by atoms with Gasteiger partial charge in [0, 0.05) is 44.7 Å². The second-order valence-electron chi connectivity index (χ2n) is 10.2. The van der Waals surface area contributed by atoms with Crippen LogP contribution in [0.25, 0.3) is 0 Å². The first-order valence-electron chi connectivity index (χ1n) is 13.8. The van der Waals surface area contributed by atoms with Crippen LogP contribution in [0.2, 0.25) is 0 Å². The number of hydrazine groups is 1. The maximum atomic E-state index is 13.6. The van der Waals surface area contributed by atoms with Crippen LogP contribution in [0, 0.1) is 30.4 Å². The number of rotatable bonds is 10. The van der Waals surface area contributed by atoms with Gasteiger partial charge < -0.3 is 14.9 Å². The predicted molar refractivity (Wildman–Crippen MR) is 157 cm³/mol. The van der Waals surface area contributed by atoms with Crippen LogP contribution >= 0.6 is 0 Å². The summed E-state index contributed by atoms with van der Waals surface area (Å²) in [7, 11) is 0. The number of hydrogen-bond donors (Lipinski definition) is 3. The molecule has 226 valence electrons. The SMILES string of the molecule is Cc1cc(C#CCCN(N)C(=O)O)cc(C(=O)O)c1OCCN1CCN(C(c2ccc(F)cc2)c2ccc(F)cc2)CC1. The van der Waals surface area contributed by atoms with E-state index in [9.17, 15) is 23.5 Å². The summed E-state index contributed by atoms with van der Waals surface area (Å²) >= 11 is 0. The van der Waals surface area contributed by atoms with Crippen LogP contribution in [0.4, 0.5) is 13.6 Å². The van der Waals surface area contributed by atoms with Crippen molar-refractivity contribution < 1.29 is 33.3 Å². The van der Waals surface area contributed by atoms with Crippen LogP contribution in [0.3, 0.4) is 0 Å². The number of carbonyl (C=O) groups is 2. The average molecular weight is 593 g/mol. The molecule has 0 aromatic heterocycles. The van der Waals surface area contributed by atoms with Crippen LogP contribution in [-0.4, -0.2) is 83.0 Å². The number of ether oxygens (including phenoxy) is 1. The van der Waals surface area contributed by atoms with Crippen molar-refractivity contribution in [1.82, 2.24) is 14.8 Å². The van der Waals surface area contributed by atoms with Crippen molar-refractivity contribution in [2.45, 2.75) is 19.4 Å². The number of benzene rings is 3. The summed E-state index contributed by atoms with van der Waals surface area (Å²) in [6, 6.07) is 15.8. The van der Waals surface area contributed by atoms with Crippen molar-refractivity contribution in [3.63, 3.8) is 0 Å². The van der Waals surface area contributed by atoms with Gasteiger partial charge in [0.2, 0.25) is 0 Å². The van der Waals surface area contributed by atoms with E-state index in [1.54, 1.807) is 37.3 Å². The number of carboxylic acid groups (broad SMARTS) is 2. The molecule has 0 unspecified atom stereocenters.